The van der Waals surface area contributed by atoms with E-state index in [1.165, 1.54) is 6.26 Å². The molecule has 26 heavy (non-hydrogen) atoms. The highest BCUT2D eigenvalue weighted by molar-refractivity contribution is 6.39. The van der Waals surface area contributed by atoms with Crippen molar-refractivity contribution in [2.45, 2.75) is 13.8 Å². The van der Waals surface area contributed by atoms with E-state index in [0.717, 1.165) is 0 Å². The SMILES string of the molecule is C/C(=N\OC(=O)Nc1c(-c2c(Cl)cccc2Cl)noc1C)c1ccco1. The second kappa shape index (κ2) is 7.63. The average molecular weight is 394 g/mol. The van der Waals surface area contributed by atoms with Crippen LogP contribution < -0.4 is 5.32 Å². The van der Waals surface area contributed by atoms with E-state index in [9.17, 15) is 4.79 Å². The molecule has 1 aromatic carbocycles. The lowest BCUT2D eigenvalue weighted by atomic mass is 10.1. The van der Waals surface area contributed by atoms with Gasteiger partial charge in [0, 0.05) is 5.56 Å². The molecule has 0 bridgehead atoms. The van der Waals surface area contributed by atoms with Crippen LogP contribution in [0.1, 0.15) is 18.4 Å². The number of oxime groups is 1. The van der Waals surface area contributed by atoms with Gasteiger partial charge in [-0.25, -0.2) is 4.79 Å². The van der Waals surface area contributed by atoms with Crippen LogP contribution in [0.3, 0.4) is 0 Å². The number of aryl methyl sites for hydroxylation is 1. The van der Waals surface area contributed by atoms with Crippen molar-refractivity contribution < 1.29 is 18.6 Å². The summed E-state index contributed by atoms with van der Waals surface area (Å²) in [5, 5.41) is 10.9. The van der Waals surface area contributed by atoms with Gasteiger partial charge in [0.05, 0.1) is 16.3 Å². The Morgan fingerprint density at radius 3 is 2.62 bits per heavy atom. The van der Waals surface area contributed by atoms with Gasteiger partial charge in [-0.05, 0) is 38.1 Å². The summed E-state index contributed by atoms with van der Waals surface area (Å²) < 4.78 is 10.3. The Labute approximate surface area is 158 Å². The molecule has 1 amide bonds. The standard InChI is InChI=1S/C17H13Cl2N3O4/c1-9(13-7-4-8-24-13)21-26-17(23)20-15-10(2)25-22-16(15)14-11(18)5-3-6-12(14)19/h3-8H,1-2H3,(H,20,23)/b21-9+. The third-order valence-electron chi connectivity index (χ3n) is 3.43. The van der Waals surface area contributed by atoms with E-state index in [0.29, 0.717) is 38.5 Å². The highest BCUT2D eigenvalue weighted by Gasteiger charge is 2.22. The fourth-order valence-electron chi connectivity index (χ4n) is 2.18. The largest absolute Gasteiger partial charge is 0.463 e. The van der Waals surface area contributed by atoms with Gasteiger partial charge in [0.2, 0.25) is 0 Å². The van der Waals surface area contributed by atoms with Crippen LogP contribution in [0.25, 0.3) is 11.3 Å². The van der Waals surface area contributed by atoms with E-state index in [1.54, 1.807) is 44.2 Å². The minimum Gasteiger partial charge on any atom is -0.463 e. The van der Waals surface area contributed by atoms with Crippen LogP contribution in [0, 0.1) is 6.92 Å². The number of amides is 1. The zero-order valence-electron chi connectivity index (χ0n) is 13.7. The zero-order valence-corrected chi connectivity index (χ0v) is 15.3. The van der Waals surface area contributed by atoms with Crippen molar-refractivity contribution in [3.8, 4) is 11.3 Å². The Hall–Kier alpha value is -2.77. The van der Waals surface area contributed by atoms with Crippen molar-refractivity contribution in [3.05, 3.63) is 58.2 Å². The van der Waals surface area contributed by atoms with Crippen LogP contribution in [0.15, 0.2) is 50.7 Å². The fourth-order valence-corrected chi connectivity index (χ4v) is 2.75. The van der Waals surface area contributed by atoms with Gasteiger partial charge in [-0.2, -0.15) is 0 Å². The van der Waals surface area contributed by atoms with Gasteiger partial charge in [0.15, 0.2) is 11.5 Å². The van der Waals surface area contributed by atoms with Crippen LogP contribution in [0.2, 0.25) is 10.0 Å². The molecule has 0 saturated heterocycles. The number of hydrogen-bond acceptors (Lipinski definition) is 6. The Bertz CT molecular complexity index is 944. The van der Waals surface area contributed by atoms with Crippen LogP contribution in [-0.4, -0.2) is 17.0 Å². The number of benzene rings is 1. The van der Waals surface area contributed by atoms with Crippen LogP contribution in [0.5, 0.6) is 0 Å². The van der Waals surface area contributed by atoms with Crippen molar-refractivity contribution in [2.24, 2.45) is 5.16 Å². The number of carbonyl (C=O) groups is 1. The van der Waals surface area contributed by atoms with E-state index in [4.69, 9.17) is 37.0 Å². The first-order valence-corrected chi connectivity index (χ1v) is 8.20. The van der Waals surface area contributed by atoms with E-state index in [-0.39, 0.29) is 5.69 Å². The first-order valence-electron chi connectivity index (χ1n) is 7.44. The Morgan fingerprint density at radius 1 is 1.23 bits per heavy atom. The molecule has 2 heterocycles. The molecule has 0 aliphatic rings. The van der Waals surface area contributed by atoms with Gasteiger partial charge >= 0.3 is 6.09 Å². The molecular formula is C17H13Cl2N3O4. The van der Waals surface area contributed by atoms with Gasteiger partial charge in [0.25, 0.3) is 0 Å². The fraction of sp³-hybridized carbons (Fsp3) is 0.118. The number of anilines is 1. The summed E-state index contributed by atoms with van der Waals surface area (Å²) in [4.78, 5) is 16.9. The maximum atomic E-state index is 12.1. The Morgan fingerprint density at radius 2 is 1.96 bits per heavy atom. The molecule has 9 heteroatoms. The minimum absolute atomic E-state index is 0.288. The number of halogens is 2. The molecule has 1 N–H and O–H groups in total. The molecule has 0 fully saturated rings. The highest BCUT2D eigenvalue weighted by atomic mass is 35.5. The molecule has 0 aliphatic carbocycles. The summed E-state index contributed by atoms with van der Waals surface area (Å²) in [7, 11) is 0. The predicted octanol–water partition coefficient (Wildman–Crippen LogP) is 5.52. The Kier molecular flexibility index (Phi) is 5.29. The second-order valence-corrected chi connectivity index (χ2v) is 6.03. The molecule has 0 unspecified atom stereocenters. The van der Waals surface area contributed by atoms with Crippen molar-refractivity contribution in [1.29, 1.82) is 0 Å². The molecule has 3 aromatic rings. The normalized spacial score (nSPS) is 11.5. The van der Waals surface area contributed by atoms with Crippen molar-refractivity contribution in [3.63, 3.8) is 0 Å². The van der Waals surface area contributed by atoms with Crippen LogP contribution >= 0.6 is 23.2 Å². The van der Waals surface area contributed by atoms with Crippen molar-refractivity contribution in [1.82, 2.24) is 5.16 Å². The van der Waals surface area contributed by atoms with Crippen molar-refractivity contribution in [2.75, 3.05) is 5.32 Å². The number of nitrogens with one attached hydrogen (secondary N) is 1. The molecule has 0 atom stereocenters. The number of carbonyl (C=O) groups excluding carboxylic acids is 1. The third kappa shape index (κ3) is 3.74. The summed E-state index contributed by atoms with van der Waals surface area (Å²) in [6.07, 6.45) is 0.667. The topological polar surface area (TPSA) is 89.9 Å². The molecule has 2 aromatic heterocycles. The zero-order chi connectivity index (χ0) is 18.7. The number of rotatable bonds is 4. The number of nitrogens with zero attached hydrogens (tertiary/aromatic N) is 2. The Balaban J connectivity index is 1.82. The van der Waals surface area contributed by atoms with E-state index in [2.05, 4.69) is 15.6 Å². The van der Waals surface area contributed by atoms with Gasteiger partial charge in [-0.3, -0.25) is 10.2 Å². The summed E-state index contributed by atoms with van der Waals surface area (Å²) >= 11 is 12.4. The average Bonchev–Trinajstić information content (AvgIpc) is 3.25. The minimum atomic E-state index is -0.827. The molecule has 7 nitrogen and oxygen atoms in total. The summed E-state index contributed by atoms with van der Waals surface area (Å²) in [5.41, 5.74) is 1.43. The lowest BCUT2D eigenvalue weighted by Crippen LogP contribution is -2.13. The van der Waals surface area contributed by atoms with Crippen LogP contribution in [0.4, 0.5) is 10.5 Å². The number of hydrogen-bond donors (Lipinski definition) is 1. The van der Waals surface area contributed by atoms with E-state index in [1.807, 2.05) is 0 Å². The molecule has 3 rings (SSSR count). The summed E-state index contributed by atoms with van der Waals surface area (Å²) in [5.74, 6) is 0.849. The smallest absolute Gasteiger partial charge is 0.438 e. The molecule has 0 saturated carbocycles. The number of furan rings is 1. The van der Waals surface area contributed by atoms with Gasteiger partial charge in [-0.1, -0.05) is 39.6 Å². The van der Waals surface area contributed by atoms with E-state index >= 15 is 0 Å². The quantitative estimate of drug-likeness (QED) is 0.357. The number of aromatic nitrogens is 1. The maximum Gasteiger partial charge on any atom is 0.438 e. The first-order chi connectivity index (χ1) is 12.5. The monoisotopic (exact) mass is 393 g/mol. The first kappa shape index (κ1) is 18.0. The molecule has 0 spiro atoms. The molecule has 134 valence electrons. The molecular weight excluding hydrogens is 381 g/mol. The molecule has 0 radical (unpaired) electrons. The highest BCUT2D eigenvalue weighted by Crippen LogP contribution is 2.39. The van der Waals surface area contributed by atoms with E-state index < -0.39 is 6.09 Å². The van der Waals surface area contributed by atoms with Crippen LogP contribution in [-0.2, 0) is 4.84 Å². The summed E-state index contributed by atoms with van der Waals surface area (Å²) in [6.45, 7) is 3.28. The molecule has 0 aliphatic heterocycles. The summed E-state index contributed by atoms with van der Waals surface area (Å²) in [6, 6.07) is 8.42. The third-order valence-corrected chi connectivity index (χ3v) is 4.06. The maximum absolute atomic E-state index is 12.1. The van der Waals surface area contributed by atoms with Gasteiger partial charge < -0.3 is 8.94 Å². The lowest BCUT2D eigenvalue weighted by Gasteiger charge is -2.07. The lowest BCUT2D eigenvalue weighted by molar-refractivity contribution is 0.166. The van der Waals surface area contributed by atoms with Gasteiger partial charge in [-0.15, -0.1) is 0 Å². The van der Waals surface area contributed by atoms with Crippen molar-refractivity contribution >= 4 is 40.7 Å². The second-order valence-electron chi connectivity index (χ2n) is 5.22. The van der Waals surface area contributed by atoms with Gasteiger partial charge in [0.1, 0.15) is 17.1 Å². The predicted molar refractivity (Wildman–Crippen MR) is 97.7 cm³/mol.